The van der Waals surface area contributed by atoms with E-state index in [0.717, 1.165) is 11.4 Å². The van der Waals surface area contributed by atoms with Crippen molar-refractivity contribution in [1.82, 2.24) is 29.8 Å². The Balaban J connectivity index is 1.84. The quantitative estimate of drug-likeness (QED) is 0.666. The van der Waals surface area contributed by atoms with Gasteiger partial charge < -0.3 is 0 Å². The number of aromatic nitrogens is 6. The smallest absolute Gasteiger partial charge is 0.137 e. The third kappa shape index (κ3) is 2.05. The Labute approximate surface area is 97.5 Å². The highest BCUT2D eigenvalue weighted by molar-refractivity contribution is 5.28. The van der Waals surface area contributed by atoms with Crippen LogP contribution in [0.2, 0.25) is 0 Å². The molecule has 84 valence electrons. The molecule has 0 unspecified atom stereocenters. The summed E-state index contributed by atoms with van der Waals surface area (Å²) >= 11 is 0. The van der Waals surface area contributed by atoms with Crippen LogP contribution in [0, 0.1) is 0 Å². The van der Waals surface area contributed by atoms with E-state index in [-0.39, 0.29) is 0 Å². The molecule has 0 fully saturated rings. The lowest BCUT2D eigenvalue weighted by Crippen LogP contribution is -2.02. The van der Waals surface area contributed by atoms with Crippen LogP contribution in [0.1, 0.15) is 5.69 Å². The predicted octanol–water partition coefficient (Wildman–Crippen LogP) is 0.907. The summed E-state index contributed by atoms with van der Waals surface area (Å²) in [5.74, 6) is 0. The lowest BCUT2D eigenvalue weighted by atomic mass is 10.3. The van der Waals surface area contributed by atoms with Gasteiger partial charge in [0.2, 0.25) is 0 Å². The number of nitrogens with zero attached hydrogens (tertiary/aromatic N) is 6. The number of rotatable bonds is 3. The van der Waals surface area contributed by atoms with Crippen molar-refractivity contribution < 1.29 is 0 Å². The third-order valence-corrected chi connectivity index (χ3v) is 2.32. The Bertz CT molecular complexity index is 583. The molecule has 0 N–H and O–H groups in total. The van der Waals surface area contributed by atoms with Crippen LogP contribution in [0.5, 0.6) is 0 Å². The zero-order valence-electron chi connectivity index (χ0n) is 9.01. The standard InChI is InChI=1S/C11H10N6/c1-2-4-11(5-3-1)17-13-6-10(15-17)7-16-9-12-8-14-16/h1-6,8-9H,7H2. The molecule has 0 aliphatic heterocycles. The third-order valence-electron chi connectivity index (χ3n) is 2.32. The van der Waals surface area contributed by atoms with Crippen molar-refractivity contribution in [1.29, 1.82) is 0 Å². The van der Waals surface area contributed by atoms with E-state index in [9.17, 15) is 0 Å². The molecule has 17 heavy (non-hydrogen) atoms. The minimum atomic E-state index is 0.576. The van der Waals surface area contributed by atoms with E-state index in [1.165, 1.54) is 6.33 Å². The first-order chi connectivity index (χ1) is 8.42. The molecule has 0 radical (unpaired) electrons. The second kappa shape index (κ2) is 4.17. The maximum Gasteiger partial charge on any atom is 0.137 e. The van der Waals surface area contributed by atoms with Gasteiger partial charge in [-0.2, -0.15) is 20.1 Å². The van der Waals surface area contributed by atoms with Gasteiger partial charge in [0, 0.05) is 0 Å². The zero-order chi connectivity index (χ0) is 11.5. The summed E-state index contributed by atoms with van der Waals surface area (Å²) in [6, 6.07) is 9.79. The van der Waals surface area contributed by atoms with Gasteiger partial charge in [0.1, 0.15) is 18.3 Å². The Kier molecular flexibility index (Phi) is 2.38. The number of para-hydroxylation sites is 1. The van der Waals surface area contributed by atoms with Crippen LogP contribution in [-0.4, -0.2) is 29.8 Å². The van der Waals surface area contributed by atoms with Crippen LogP contribution < -0.4 is 0 Å². The van der Waals surface area contributed by atoms with Crippen molar-refractivity contribution in [2.45, 2.75) is 6.54 Å². The van der Waals surface area contributed by atoms with E-state index in [1.54, 1.807) is 22.0 Å². The van der Waals surface area contributed by atoms with Crippen molar-refractivity contribution in [3.05, 3.63) is 54.9 Å². The lowest BCUT2D eigenvalue weighted by molar-refractivity contribution is 0.655. The molecule has 1 aromatic carbocycles. The Hall–Kier alpha value is -2.50. The van der Waals surface area contributed by atoms with E-state index in [0.29, 0.717) is 6.54 Å². The summed E-state index contributed by atoms with van der Waals surface area (Å²) in [5.41, 5.74) is 1.79. The Morgan fingerprint density at radius 3 is 2.71 bits per heavy atom. The van der Waals surface area contributed by atoms with Crippen molar-refractivity contribution in [2.24, 2.45) is 0 Å². The molecule has 0 saturated carbocycles. The van der Waals surface area contributed by atoms with Gasteiger partial charge in [0.25, 0.3) is 0 Å². The molecule has 6 nitrogen and oxygen atoms in total. The fourth-order valence-electron chi connectivity index (χ4n) is 1.53. The summed E-state index contributed by atoms with van der Waals surface area (Å²) in [6.45, 7) is 0.576. The highest BCUT2D eigenvalue weighted by Gasteiger charge is 2.03. The van der Waals surface area contributed by atoms with Gasteiger partial charge in [-0.15, -0.1) is 0 Å². The molecule has 2 heterocycles. The lowest BCUT2D eigenvalue weighted by Gasteiger charge is -1.97. The largest absolute Gasteiger partial charge is 0.247 e. The molecule has 0 spiro atoms. The van der Waals surface area contributed by atoms with Gasteiger partial charge in [0.15, 0.2) is 0 Å². The maximum absolute atomic E-state index is 4.37. The van der Waals surface area contributed by atoms with E-state index >= 15 is 0 Å². The summed E-state index contributed by atoms with van der Waals surface area (Å²) in [5, 5.41) is 12.6. The topological polar surface area (TPSA) is 61.4 Å². The Morgan fingerprint density at radius 1 is 1.06 bits per heavy atom. The van der Waals surface area contributed by atoms with E-state index < -0.39 is 0 Å². The van der Waals surface area contributed by atoms with Gasteiger partial charge in [-0.3, -0.25) is 0 Å². The molecule has 0 atom stereocenters. The van der Waals surface area contributed by atoms with Crippen molar-refractivity contribution in [3.63, 3.8) is 0 Å². The van der Waals surface area contributed by atoms with Gasteiger partial charge >= 0.3 is 0 Å². The molecule has 0 aliphatic carbocycles. The molecule has 6 heteroatoms. The van der Waals surface area contributed by atoms with Crippen molar-refractivity contribution >= 4 is 0 Å². The van der Waals surface area contributed by atoms with Crippen LogP contribution in [0.25, 0.3) is 5.69 Å². The second-order valence-electron chi connectivity index (χ2n) is 3.55. The first kappa shape index (κ1) is 9.71. The van der Waals surface area contributed by atoms with Crippen LogP contribution in [-0.2, 0) is 6.54 Å². The van der Waals surface area contributed by atoms with E-state index in [1.807, 2.05) is 30.3 Å². The van der Waals surface area contributed by atoms with Gasteiger partial charge in [0.05, 0.1) is 18.4 Å². The molecule has 0 amide bonds. The van der Waals surface area contributed by atoms with Crippen LogP contribution in [0.4, 0.5) is 0 Å². The summed E-state index contributed by atoms with van der Waals surface area (Å²) in [6.07, 6.45) is 4.89. The van der Waals surface area contributed by atoms with Gasteiger partial charge in [-0.1, -0.05) is 18.2 Å². The zero-order valence-corrected chi connectivity index (χ0v) is 9.01. The second-order valence-corrected chi connectivity index (χ2v) is 3.55. The first-order valence-corrected chi connectivity index (χ1v) is 5.21. The normalized spacial score (nSPS) is 10.6. The highest BCUT2D eigenvalue weighted by Crippen LogP contribution is 2.04. The van der Waals surface area contributed by atoms with Gasteiger partial charge in [-0.25, -0.2) is 9.67 Å². The molecule has 3 aromatic rings. The minimum absolute atomic E-state index is 0.576. The fourth-order valence-corrected chi connectivity index (χ4v) is 1.53. The molecule has 0 bridgehead atoms. The molecule has 0 saturated heterocycles. The van der Waals surface area contributed by atoms with Crippen LogP contribution in [0.3, 0.4) is 0 Å². The first-order valence-electron chi connectivity index (χ1n) is 5.21. The minimum Gasteiger partial charge on any atom is -0.247 e. The van der Waals surface area contributed by atoms with E-state index in [4.69, 9.17) is 0 Å². The predicted molar refractivity (Wildman–Crippen MR) is 60.5 cm³/mol. The fraction of sp³-hybridized carbons (Fsp3) is 0.0909. The van der Waals surface area contributed by atoms with Crippen LogP contribution >= 0.6 is 0 Å². The van der Waals surface area contributed by atoms with Crippen LogP contribution in [0.15, 0.2) is 49.2 Å². The summed E-state index contributed by atoms with van der Waals surface area (Å²) in [7, 11) is 0. The highest BCUT2D eigenvalue weighted by atomic mass is 15.5. The van der Waals surface area contributed by atoms with Crippen molar-refractivity contribution in [3.8, 4) is 5.69 Å². The average Bonchev–Trinajstić information content (AvgIpc) is 3.02. The Morgan fingerprint density at radius 2 is 1.94 bits per heavy atom. The number of benzene rings is 1. The summed E-state index contributed by atoms with van der Waals surface area (Å²) < 4.78 is 1.71. The monoisotopic (exact) mass is 226 g/mol. The van der Waals surface area contributed by atoms with Gasteiger partial charge in [-0.05, 0) is 12.1 Å². The number of hydrogen-bond acceptors (Lipinski definition) is 4. The summed E-state index contributed by atoms with van der Waals surface area (Å²) in [4.78, 5) is 5.48. The SMILES string of the molecule is c1ccc(-n2ncc(Cn3cncn3)n2)cc1. The molecular formula is C11H10N6. The maximum atomic E-state index is 4.37. The molecular weight excluding hydrogens is 216 g/mol. The molecule has 0 aliphatic rings. The van der Waals surface area contributed by atoms with Crippen molar-refractivity contribution in [2.75, 3.05) is 0 Å². The average molecular weight is 226 g/mol. The number of hydrogen-bond donors (Lipinski definition) is 0. The molecule has 3 rings (SSSR count). The van der Waals surface area contributed by atoms with E-state index in [2.05, 4.69) is 20.3 Å². The molecule has 2 aromatic heterocycles.